The maximum Gasteiger partial charge on any atom is 0.302 e. The first-order valence-electron chi connectivity index (χ1n) is 8.57. The van der Waals surface area contributed by atoms with Crippen LogP contribution in [0.15, 0.2) is 0 Å². The zero-order chi connectivity index (χ0) is 15.8. The molecule has 0 aliphatic carbocycles. The van der Waals surface area contributed by atoms with Gasteiger partial charge in [0.2, 0.25) is 5.91 Å². The summed E-state index contributed by atoms with van der Waals surface area (Å²) in [6.07, 6.45) is 12.7. The average Bonchev–Trinajstić information content (AvgIpc) is 2.45. The lowest BCUT2D eigenvalue weighted by Gasteiger charge is -2.05. The lowest BCUT2D eigenvalue weighted by molar-refractivity contribution is -0.140. The van der Waals surface area contributed by atoms with Gasteiger partial charge in [0.25, 0.3) is 0 Å². The van der Waals surface area contributed by atoms with Gasteiger partial charge in [0, 0.05) is 19.9 Å². The lowest BCUT2D eigenvalue weighted by Crippen LogP contribution is -2.25. The van der Waals surface area contributed by atoms with Crippen molar-refractivity contribution in [3.05, 3.63) is 0 Å². The van der Waals surface area contributed by atoms with E-state index >= 15 is 0 Å². The van der Waals surface area contributed by atoms with E-state index in [1.54, 1.807) is 0 Å². The highest BCUT2D eigenvalue weighted by molar-refractivity contribution is 5.75. The molecule has 0 rings (SSSR count). The van der Waals surface area contributed by atoms with Crippen LogP contribution in [0.3, 0.4) is 0 Å². The Bertz CT molecular complexity index is 267. The fourth-order valence-corrected chi connectivity index (χ4v) is 2.20. The number of hydrogen-bond acceptors (Lipinski definition) is 3. The van der Waals surface area contributed by atoms with Gasteiger partial charge in [-0.05, 0) is 12.8 Å². The molecule has 0 bridgehead atoms. The summed E-state index contributed by atoms with van der Waals surface area (Å²) in [7, 11) is 0. The summed E-state index contributed by atoms with van der Waals surface area (Å²) in [5.74, 6) is -0.156. The molecule has 0 aromatic heterocycles. The Morgan fingerprint density at radius 2 is 1.43 bits per heavy atom. The van der Waals surface area contributed by atoms with Crippen LogP contribution in [0.25, 0.3) is 0 Å². The van der Waals surface area contributed by atoms with Crippen molar-refractivity contribution in [3.63, 3.8) is 0 Å². The van der Waals surface area contributed by atoms with Crippen LogP contribution < -0.4 is 5.32 Å². The fraction of sp³-hybridized carbons (Fsp3) is 0.882. The molecule has 0 aromatic carbocycles. The Morgan fingerprint density at radius 1 is 0.857 bits per heavy atom. The number of amides is 1. The third kappa shape index (κ3) is 16.9. The van der Waals surface area contributed by atoms with E-state index in [0.717, 1.165) is 12.8 Å². The van der Waals surface area contributed by atoms with Gasteiger partial charge < -0.3 is 10.1 Å². The highest BCUT2D eigenvalue weighted by atomic mass is 16.5. The smallest absolute Gasteiger partial charge is 0.302 e. The summed E-state index contributed by atoms with van der Waals surface area (Å²) in [4.78, 5) is 22.1. The van der Waals surface area contributed by atoms with Gasteiger partial charge in [-0.2, -0.15) is 0 Å². The number of carbonyl (C=O) groups is 2. The fourth-order valence-electron chi connectivity index (χ4n) is 2.20. The van der Waals surface area contributed by atoms with Crippen molar-refractivity contribution in [1.82, 2.24) is 5.32 Å². The van der Waals surface area contributed by atoms with E-state index < -0.39 is 0 Å². The molecule has 0 aromatic rings. The second-order valence-electron chi connectivity index (χ2n) is 5.62. The predicted molar refractivity (Wildman–Crippen MR) is 86.1 cm³/mol. The van der Waals surface area contributed by atoms with E-state index in [2.05, 4.69) is 12.2 Å². The van der Waals surface area contributed by atoms with Gasteiger partial charge in [0.05, 0.1) is 6.61 Å². The summed E-state index contributed by atoms with van der Waals surface area (Å²) in [5, 5.41) is 2.85. The summed E-state index contributed by atoms with van der Waals surface area (Å²) in [6.45, 7) is 4.60. The number of rotatable bonds is 14. The molecule has 0 radical (unpaired) electrons. The molecule has 124 valence electrons. The van der Waals surface area contributed by atoms with Crippen molar-refractivity contribution in [2.45, 2.75) is 84.5 Å². The molecule has 4 nitrogen and oxygen atoms in total. The van der Waals surface area contributed by atoms with Crippen molar-refractivity contribution in [1.29, 1.82) is 0 Å². The standard InChI is InChI=1S/C17H33NO3/c1-3-4-5-6-7-8-9-10-11-13-17(20)18-14-12-15-21-16(2)19/h3-15H2,1-2H3,(H,18,20). The number of carbonyl (C=O) groups excluding carboxylic acids is 2. The van der Waals surface area contributed by atoms with E-state index in [0.29, 0.717) is 26.0 Å². The Hall–Kier alpha value is -1.06. The molecule has 0 fully saturated rings. The normalized spacial score (nSPS) is 10.4. The maximum absolute atomic E-state index is 11.5. The molecular formula is C17H33NO3. The first-order chi connectivity index (χ1) is 10.2. The monoisotopic (exact) mass is 299 g/mol. The molecule has 0 spiro atoms. The Labute approximate surface area is 130 Å². The Balaban J connectivity index is 3.17. The minimum absolute atomic E-state index is 0.112. The highest BCUT2D eigenvalue weighted by Crippen LogP contribution is 2.10. The van der Waals surface area contributed by atoms with E-state index in [9.17, 15) is 9.59 Å². The van der Waals surface area contributed by atoms with Gasteiger partial charge in [-0.25, -0.2) is 0 Å². The van der Waals surface area contributed by atoms with Crippen LogP contribution in [-0.4, -0.2) is 25.0 Å². The van der Waals surface area contributed by atoms with E-state index in [1.807, 2.05) is 0 Å². The molecule has 0 heterocycles. The summed E-state index contributed by atoms with van der Waals surface area (Å²) < 4.78 is 4.79. The number of unbranched alkanes of at least 4 members (excludes halogenated alkanes) is 8. The number of nitrogens with one attached hydrogen (secondary N) is 1. The zero-order valence-corrected chi connectivity index (χ0v) is 13.9. The minimum atomic E-state index is -0.268. The highest BCUT2D eigenvalue weighted by Gasteiger charge is 2.01. The molecule has 0 aliphatic heterocycles. The SMILES string of the molecule is CCCCCCCCCCCC(=O)NCCCOC(C)=O. The van der Waals surface area contributed by atoms with Gasteiger partial charge in [-0.15, -0.1) is 0 Å². The minimum Gasteiger partial charge on any atom is -0.466 e. The van der Waals surface area contributed by atoms with E-state index in [4.69, 9.17) is 4.74 Å². The number of hydrogen-bond donors (Lipinski definition) is 1. The van der Waals surface area contributed by atoms with E-state index in [1.165, 1.54) is 51.9 Å². The first kappa shape index (κ1) is 19.9. The molecule has 0 aliphatic rings. The molecule has 21 heavy (non-hydrogen) atoms. The zero-order valence-electron chi connectivity index (χ0n) is 13.9. The van der Waals surface area contributed by atoms with Crippen LogP contribution in [0.5, 0.6) is 0 Å². The van der Waals surface area contributed by atoms with Crippen molar-refractivity contribution in [3.8, 4) is 0 Å². The average molecular weight is 299 g/mol. The number of ether oxygens (including phenoxy) is 1. The van der Waals surface area contributed by atoms with Crippen LogP contribution in [0.4, 0.5) is 0 Å². The van der Waals surface area contributed by atoms with Gasteiger partial charge in [-0.1, -0.05) is 58.3 Å². The molecule has 0 saturated carbocycles. The third-order valence-corrected chi connectivity index (χ3v) is 3.46. The van der Waals surface area contributed by atoms with Gasteiger partial charge in [-0.3, -0.25) is 9.59 Å². The molecular weight excluding hydrogens is 266 g/mol. The largest absolute Gasteiger partial charge is 0.466 e. The Kier molecular flexibility index (Phi) is 14.6. The van der Waals surface area contributed by atoms with Crippen LogP contribution in [0.1, 0.15) is 84.5 Å². The second kappa shape index (κ2) is 15.3. The van der Waals surface area contributed by atoms with Crippen LogP contribution in [-0.2, 0) is 14.3 Å². The summed E-state index contributed by atoms with van der Waals surface area (Å²) >= 11 is 0. The van der Waals surface area contributed by atoms with E-state index in [-0.39, 0.29) is 11.9 Å². The Morgan fingerprint density at radius 3 is 2.00 bits per heavy atom. The van der Waals surface area contributed by atoms with Crippen molar-refractivity contribution in [2.24, 2.45) is 0 Å². The molecule has 4 heteroatoms. The molecule has 0 atom stereocenters. The first-order valence-corrected chi connectivity index (χ1v) is 8.57. The summed E-state index contributed by atoms with van der Waals surface area (Å²) in [5.41, 5.74) is 0. The van der Waals surface area contributed by atoms with Gasteiger partial charge >= 0.3 is 5.97 Å². The molecule has 0 saturated heterocycles. The van der Waals surface area contributed by atoms with Crippen LogP contribution in [0, 0.1) is 0 Å². The maximum atomic E-state index is 11.5. The molecule has 1 N–H and O–H groups in total. The van der Waals surface area contributed by atoms with Crippen molar-refractivity contribution < 1.29 is 14.3 Å². The predicted octanol–water partition coefficient (Wildman–Crippen LogP) is 3.98. The van der Waals surface area contributed by atoms with Gasteiger partial charge in [0.1, 0.15) is 0 Å². The lowest BCUT2D eigenvalue weighted by atomic mass is 10.1. The second-order valence-corrected chi connectivity index (χ2v) is 5.62. The number of esters is 1. The topological polar surface area (TPSA) is 55.4 Å². The molecule has 1 amide bonds. The van der Waals surface area contributed by atoms with Crippen molar-refractivity contribution >= 4 is 11.9 Å². The third-order valence-electron chi connectivity index (χ3n) is 3.46. The van der Waals surface area contributed by atoms with Crippen LogP contribution >= 0.6 is 0 Å². The molecule has 0 unspecified atom stereocenters. The van der Waals surface area contributed by atoms with Crippen molar-refractivity contribution in [2.75, 3.05) is 13.2 Å². The quantitative estimate of drug-likeness (QED) is 0.390. The van der Waals surface area contributed by atoms with Gasteiger partial charge in [0.15, 0.2) is 0 Å². The van der Waals surface area contributed by atoms with Crippen LogP contribution in [0.2, 0.25) is 0 Å². The summed E-state index contributed by atoms with van der Waals surface area (Å²) in [6, 6.07) is 0.